The van der Waals surface area contributed by atoms with Gasteiger partial charge in [0, 0.05) is 18.3 Å². The van der Waals surface area contributed by atoms with Crippen LogP contribution in [0, 0.1) is 0 Å². The van der Waals surface area contributed by atoms with Gasteiger partial charge in [0.2, 0.25) is 11.8 Å². The fraction of sp³-hybridized carbons (Fsp3) is 0.500. The van der Waals surface area contributed by atoms with Crippen molar-refractivity contribution in [3.05, 3.63) is 29.8 Å². The molecule has 3 rings (SSSR count). The standard InChI is InChI=1S/C16H21N3O2/c1-16(8-3-9-17-16)12-4-6-13(7-5-12)19-11-14(20)18(2)10-15(19)21/h4-7,17H,3,8-11H2,1-2H3. The highest BCUT2D eigenvalue weighted by molar-refractivity contribution is 6.04. The summed E-state index contributed by atoms with van der Waals surface area (Å²) in [5.41, 5.74) is 2.06. The molecule has 2 amide bonds. The van der Waals surface area contributed by atoms with Gasteiger partial charge in [-0.3, -0.25) is 9.59 Å². The molecule has 0 aliphatic carbocycles. The molecular weight excluding hydrogens is 266 g/mol. The van der Waals surface area contributed by atoms with Crippen LogP contribution in [0.15, 0.2) is 24.3 Å². The number of carbonyl (C=O) groups is 2. The maximum absolute atomic E-state index is 12.1. The summed E-state index contributed by atoms with van der Waals surface area (Å²) in [7, 11) is 1.66. The Hall–Kier alpha value is -1.88. The number of nitrogens with one attached hydrogen (secondary N) is 1. The predicted octanol–water partition coefficient (Wildman–Crippen LogP) is 1.09. The van der Waals surface area contributed by atoms with Crippen LogP contribution in [0.3, 0.4) is 0 Å². The molecule has 2 heterocycles. The van der Waals surface area contributed by atoms with Gasteiger partial charge in [-0.25, -0.2) is 0 Å². The van der Waals surface area contributed by atoms with Crippen LogP contribution < -0.4 is 10.2 Å². The summed E-state index contributed by atoms with van der Waals surface area (Å²) in [4.78, 5) is 26.9. The molecule has 1 unspecified atom stereocenters. The number of likely N-dealkylation sites (N-methyl/N-ethyl adjacent to an activating group) is 1. The normalized spacial score (nSPS) is 26.6. The Morgan fingerprint density at radius 1 is 1.10 bits per heavy atom. The first-order valence-electron chi connectivity index (χ1n) is 7.39. The minimum Gasteiger partial charge on any atom is -0.335 e. The Kier molecular flexibility index (Phi) is 3.45. The molecule has 5 nitrogen and oxygen atoms in total. The number of rotatable bonds is 2. The van der Waals surface area contributed by atoms with Gasteiger partial charge in [-0.2, -0.15) is 0 Å². The van der Waals surface area contributed by atoms with Crippen LogP contribution in [0.1, 0.15) is 25.3 Å². The largest absolute Gasteiger partial charge is 0.335 e. The van der Waals surface area contributed by atoms with Gasteiger partial charge in [0.1, 0.15) is 6.54 Å². The van der Waals surface area contributed by atoms with Crippen molar-refractivity contribution in [3.8, 4) is 0 Å². The van der Waals surface area contributed by atoms with Crippen LogP contribution in [0.25, 0.3) is 0 Å². The van der Waals surface area contributed by atoms with Gasteiger partial charge in [0.25, 0.3) is 0 Å². The number of carbonyl (C=O) groups excluding carboxylic acids is 2. The quantitative estimate of drug-likeness (QED) is 0.886. The van der Waals surface area contributed by atoms with Gasteiger partial charge < -0.3 is 15.1 Å². The molecule has 1 atom stereocenters. The number of anilines is 1. The Morgan fingerprint density at radius 2 is 1.81 bits per heavy atom. The zero-order valence-corrected chi connectivity index (χ0v) is 12.6. The van der Waals surface area contributed by atoms with Crippen molar-refractivity contribution < 1.29 is 9.59 Å². The Balaban J connectivity index is 1.81. The van der Waals surface area contributed by atoms with E-state index in [1.165, 1.54) is 16.9 Å². The van der Waals surface area contributed by atoms with E-state index in [4.69, 9.17) is 0 Å². The van der Waals surface area contributed by atoms with E-state index in [1.807, 2.05) is 12.1 Å². The Bertz CT molecular complexity index is 561. The molecular formula is C16H21N3O2. The summed E-state index contributed by atoms with van der Waals surface area (Å²) in [5, 5.41) is 3.53. The van der Waals surface area contributed by atoms with Crippen molar-refractivity contribution in [1.82, 2.24) is 10.2 Å². The number of hydrogen-bond donors (Lipinski definition) is 1. The van der Waals surface area contributed by atoms with Gasteiger partial charge in [0.15, 0.2) is 0 Å². The van der Waals surface area contributed by atoms with Gasteiger partial charge in [-0.15, -0.1) is 0 Å². The van der Waals surface area contributed by atoms with Gasteiger partial charge >= 0.3 is 0 Å². The minimum absolute atomic E-state index is 0.0249. The number of hydrogen-bond acceptors (Lipinski definition) is 3. The fourth-order valence-corrected chi connectivity index (χ4v) is 3.11. The van der Waals surface area contributed by atoms with Gasteiger partial charge in [0.05, 0.1) is 6.54 Å². The Labute approximate surface area is 124 Å². The van der Waals surface area contributed by atoms with Crippen molar-refractivity contribution in [2.75, 3.05) is 31.6 Å². The van der Waals surface area contributed by atoms with E-state index < -0.39 is 0 Å². The predicted molar refractivity (Wildman–Crippen MR) is 81.0 cm³/mol. The molecule has 0 saturated carbocycles. The van der Waals surface area contributed by atoms with Crippen molar-refractivity contribution in [1.29, 1.82) is 0 Å². The summed E-state index contributed by atoms with van der Waals surface area (Å²) >= 11 is 0. The highest BCUT2D eigenvalue weighted by Gasteiger charge is 2.31. The lowest BCUT2D eigenvalue weighted by Gasteiger charge is -2.32. The van der Waals surface area contributed by atoms with E-state index in [1.54, 1.807) is 11.9 Å². The van der Waals surface area contributed by atoms with E-state index >= 15 is 0 Å². The molecule has 2 aliphatic rings. The van der Waals surface area contributed by atoms with Gasteiger partial charge in [-0.1, -0.05) is 12.1 Å². The monoisotopic (exact) mass is 287 g/mol. The maximum Gasteiger partial charge on any atom is 0.247 e. The lowest BCUT2D eigenvalue weighted by Crippen LogP contribution is -2.52. The summed E-state index contributed by atoms with van der Waals surface area (Å²) in [5.74, 6) is -0.0573. The Morgan fingerprint density at radius 3 is 2.43 bits per heavy atom. The summed E-state index contributed by atoms with van der Waals surface area (Å²) in [6, 6.07) is 8.00. The zero-order chi connectivity index (χ0) is 15.0. The molecule has 1 aromatic carbocycles. The van der Waals surface area contributed by atoms with Crippen LogP contribution in [0.5, 0.6) is 0 Å². The molecule has 0 radical (unpaired) electrons. The number of piperazine rings is 1. The van der Waals surface area contributed by atoms with Crippen molar-refractivity contribution in [2.24, 2.45) is 0 Å². The van der Waals surface area contributed by atoms with Crippen LogP contribution in [0.2, 0.25) is 0 Å². The van der Waals surface area contributed by atoms with Crippen LogP contribution in [-0.4, -0.2) is 43.4 Å². The van der Waals surface area contributed by atoms with Crippen LogP contribution >= 0.6 is 0 Å². The molecule has 0 spiro atoms. The fourth-order valence-electron chi connectivity index (χ4n) is 3.11. The minimum atomic E-state index is -0.0324. The molecule has 1 N–H and O–H groups in total. The maximum atomic E-state index is 12.1. The molecule has 2 aliphatic heterocycles. The second-order valence-electron chi connectivity index (χ2n) is 6.14. The second-order valence-corrected chi connectivity index (χ2v) is 6.14. The molecule has 112 valence electrons. The van der Waals surface area contributed by atoms with Gasteiger partial charge in [-0.05, 0) is 44.0 Å². The van der Waals surface area contributed by atoms with E-state index in [0.29, 0.717) is 0 Å². The average molecular weight is 287 g/mol. The topological polar surface area (TPSA) is 52.7 Å². The second kappa shape index (κ2) is 5.15. The highest BCUT2D eigenvalue weighted by Crippen LogP contribution is 2.31. The first kappa shape index (κ1) is 14.1. The molecule has 2 saturated heterocycles. The summed E-state index contributed by atoms with van der Waals surface area (Å²) in [6.07, 6.45) is 2.31. The molecule has 0 bridgehead atoms. The summed E-state index contributed by atoms with van der Waals surface area (Å²) < 4.78 is 0. The molecule has 2 fully saturated rings. The van der Waals surface area contributed by atoms with E-state index in [-0.39, 0.29) is 30.4 Å². The average Bonchev–Trinajstić information content (AvgIpc) is 2.91. The molecule has 5 heteroatoms. The van der Waals surface area contributed by atoms with Crippen molar-refractivity contribution >= 4 is 17.5 Å². The van der Waals surface area contributed by atoms with Crippen molar-refractivity contribution in [2.45, 2.75) is 25.3 Å². The van der Waals surface area contributed by atoms with Crippen LogP contribution in [0.4, 0.5) is 5.69 Å². The summed E-state index contributed by atoms with van der Waals surface area (Å²) in [6.45, 7) is 3.54. The zero-order valence-electron chi connectivity index (χ0n) is 12.6. The van der Waals surface area contributed by atoms with E-state index in [9.17, 15) is 9.59 Å². The number of nitrogens with zero attached hydrogens (tertiary/aromatic N) is 2. The highest BCUT2D eigenvalue weighted by atomic mass is 16.2. The third-order valence-electron chi connectivity index (χ3n) is 4.58. The van der Waals surface area contributed by atoms with Crippen molar-refractivity contribution in [3.63, 3.8) is 0 Å². The smallest absolute Gasteiger partial charge is 0.247 e. The molecule has 21 heavy (non-hydrogen) atoms. The third-order valence-corrected chi connectivity index (χ3v) is 4.58. The number of amides is 2. The molecule has 0 aromatic heterocycles. The first-order chi connectivity index (χ1) is 9.99. The van der Waals surface area contributed by atoms with E-state index in [0.717, 1.165) is 18.7 Å². The first-order valence-corrected chi connectivity index (χ1v) is 7.39. The van der Waals surface area contributed by atoms with E-state index in [2.05, 4.69) is 24.4 Å². The lowest BCUT2D eigenvalue weighted by atomic mass is 9.90. The molecule has 1 aromatic rings. The third kappa shape index (κ3) is 2.53. The SMILES string of the molecule is CN1CC(=O)N(c2ccc(C3(C)CCCN3)cc2)CC1=O. The van der Waals surface area contributed by atoms with Crippen LogP contribution in [-0.2, 0) is 15.1 Å². The number of benzene rings is 1. The lowest BCUT2D eigenvalue weighted by molar-refractivity contribution is -0.136.